The van der Waals surface area contributed by atoms with E-state index >= 15 is 0 Å². The number of aliphatic imine (C=N–C) groups is 1. The standard InChI is InChI=1S/C31H51NO/c1-31(2,3)27-19-20-29-28(21-27)32-30(33-29)26-17-13-23(14-18-26)10-9-22-11-15-25(16-12-22)24-7-5-4-6-8-24/h9-10,22-29H,4-8,11-21H2,1-3H3. The molecule has 2 heteroatoms. The van der Waals surface area contributed by atoms with Crippen molar-refractivity contribution in [3.63, 3.8) is 0 Å². The molecular formula is C31H51NO. The van der Waals surface area contributed by atoms with E-state index in [2.05, 4.69) is 32.9 Å². The summed E-state index contributed by atoms with van der Waals surface area (Å²) in [6.07, 6.45) is 28.1. The second-order valence-corrected chi connectivity index (χ2v) is 13.6. The van der Waals surface area contributed by atoms with Gasteiger partial charge in [0.2, 0.25) is 0 Å². The van der Waals surface area contributed by atoms with Gasteiger partial charge >= 0.3 is 0 Å². The van der Waals surface area contributed by atoms with Crippen LogP contribution in [0.3, 0.4) is 0 Å². The van der Waals surface area contributed by atoms with E-state index in [-0.39, 0.29) is 0 Å². The zero-order valence-electron chi connectivity index (χ0n) is 21.9. The van der Waals surface area contributed by atoms with E-state index in [1.54, 1.807) is 0 Å². The van der Waals surface area contributed by atoms with Gasteiger partial charge in [0.05, 0.1) is 6.04 Å². The van der Waals surface area contributed by atoms with E-state index in [1.807, 2.05) is 0 Å². The summed E-state index contributed by atoms with van der Waals surface area (Å²) in [5, 5.41) is 0. The summed E-state index contributed by atoms with van der Waals surface area (Å²) in [7, 11) is 0. The van der Waals surface area contributed by atoms with Crippen molar-refractivity contribution in [2.45, 2.75) is 136 Å². The molecule has 1 heterocycles. The minimum atomic E-state index is 0.389. The number of ether oxygens (including phenoxy) is 1. The third-order valence-corrected chi connectivity index (χ3v) is 10.5. The molecule has 0 amide bonds. The molecule has 4 saturated carbocycles. The van der Waals surface area contributed by atoms with E-state index < -0.39 is 0 Å². The van der Waals surface area contributed by atoms with Gasteiger partial charge in [-0.2, -0.15) is 0 Å². The summed E-state index contributed by atoms with van der Waals surface area (Å²) < 4.78 is 6.45. The average molecular weight is 454 g/mol. The second kappa shape index (κ2) is 10.4. The smallest absolute Gasteiger partial charge is 0.187 e. The lowest BCUT2D eigenvalue weighted by molar-refractivity contribution is 0.0791. The van der Waals surface area contributed by atoms with Gasteiger partial charge in [-0.1, -0.05) is 65.0 Å². The SMILES string of the molecule is CC(C)(C)C1CCC2OC(C3CCC(C=CC4CCC(C5CCCCC5)CC4)CC3)=NC2C1. The molecule has 0 spiro atoms. The Morgan fingerprint density at radius 2 is 1.30 bits per heavy atom. The predicted molar refractivity (Wildman–Crippen MR) is 140 cm³/mol. The second-order valence-electron chi connectivity index (χ2n) is 13.6. The quantitative estimate of drug-likeness (QED) is 0.390. The van der Waals surface area contributed by atoms with Crippen molar-refractivity contribution in [1.82, 2.24) is 0 Å². The molecule has 0 aromatic rings. The highest BCUT2D eigenvalue weighted by Crippen LogP contribution is 2.44. The first-order valence-electron chi connectivity index (χ1n) is 14.9. The highest BCUT2D eigenvalue weighted by molar-refractivity contribution is 5.80. The third kappa shape index (κ3) is 5.90. The normalized spacial score (nSPS) is 40.9. The van der Waals surface area contributed by atoms with E-state index in [4.69, 9.17) is 9.73 Å². The Labute approximate surface area is 204 Å². The van der Waals surface area contributed by atoms with Crippen LogP contribution in [-0.2, 0) is 4.74 Å². The first-order valence-corrected chi connectivity index (χ1v) is 14.9. The topological polar surface area (TPSA) is 21.6 Å². The summed E-state index contributed by atoms with van der Waals surface area (Å²) in [5.74, 6) is 6.32. The van der Waals surface area contributed by atoms with Crippen LogP contribution in [0.5, 0.6) is 0 Å². The summed E-state index contributed by atoms with van der Waals surface area (Å²) in [5.41, 5.74) is 0.406. The van der Waals surface area contributed by atoms with Crippen molar-refractivity contribution in [3.8, 4) is 0 Å². The van der Waals surface area contributed by atoms with Crippen LogP contribution in [-0.4, -0.2) is 18.0 Å². The number of hydrogen-bond acceptors (Lipinski definition) is 2. The molecule has 0 aromatic carbocycles. The summed E-state index contributed by atoms with van der Waals surface area (Å²) >= 11 is 0. The Bertz CT molecular complexity index is 680. The van der Waals surface area contributed by atoms with Crippen molar-refractivity contribution in [3.05, 3.63) is 12.2 Å². The van der Waals surface area contributed by atoms with Gasteiger partial charge in [-0.3, -0.25) is 0 Å². The zero-order chi connectivity index (χ0) is 22.8. The lowest BCUT2D eigenvalue weighted by Gasteiger charge is -2.37. The lowest BCUT2D eigenvalue weighted by atomic mass is 9.70. The molecule has 2 nitrogen and oxygen atoms in total. The van der Waals surface area contributed by atoms with Crippen LogP contribution in [0.4, 0.5) is 0 Å². The van der Waals surface area contributed by atoms with Crippen LogP contribution in [0.25, 0.3) is 0 Å². The van der Waals surface area contributed by atoms with Crippen LogP contribution in [0, 0.1) is 40.9 Å². The van der Waals surface area contributed by atoms with Crippen LogP contribution in [0.1, 0.15) is 124 Å². The molecule has 5 aliphatic rings. The molecule has 33 heavy (non-hydrogen) atoms. The first kappa shape index (κ1) is 23.9. The third-order valence-electron chi connectivity index (χ3n) is 10.5. The van der Waals surface area contributed by atoms with Gasteiger partial charge in [0.1, 0.15) is 6.10 Å². The van der Waals surface area contributed by atoms with Gasteiger partial charge in [0, 0.05) is 5.92 Å². The highest BCUT2D eigenvalue weighted by atomic mass is 16.5. The first-order chi connectivity index (χ1) is 16.0. The van der Waals surface area contributed by atoms with Crippen molar-refractivity contribution >= 4 is 5.90 Å². The molecule has 0 radical (unpaired) electrons. The van der Waals surface area contributed by atoms with Crippen LogP contribution >= 0.6 is 0 Å². The van der Waals surface area contributed by atoms with Crippen LogP contribution in [0.15, 0.2) is 17.1 Å². The summed E-state index contributed by atoms with van der Waals surface area (Å²) in [6, 6.07) is 0.444. The fraction of sp³-hybridized carbons (Fsp3) is 0.903. The van der Waals surface area contributed by atoms with Crippen LogP contribution in [0.2, 0.25) is 0 Å². The molecule has 5 rings (SSSR count). The number of rotatable bonds is 4. The maximum atomic E-state index is 6.45. The lowest BCUT2D eigenvalue weighted by Crippen LogP contribution is -2.36. The van der Waals surface area contributed by atoms with E-state index in [1.165, 1.54) is 103 Å². The number of nitrogens with zero attached hydrogens (tertiary/aromatic N) is 1. The fourth-order valence-electron chi connectivity index (χ4n) is 8.02. The van der Waals surface area contributed by atoms with Gasteiger partial charge < -0.3 is 4.74 Å². The minimum Gasteiger partial charge on any atom is -0.475 e. The Morgan fingerprint density at radius 1 is 0.697 bits per heavy atom. The Kier molecular flexibility index (Phi) is 7.58. The summed E-state index contributed by atoms with van der Waals surface area (Å²) in [6.45, 7) is 7.20. The average Bonchev–Trinajstić information content (AvgIpc) is 3.27. The van der Waals surface area contributed by atoms with Crippen molar-refractivity contribution in [2.24, 2.45) is 45.9 Å². The molecule has 1 aliphatic heterocycles. The number of fused-ring (bicyclic) bond motifs is 1. The van der Waals surface area contributed by atoms with Gasteiger partial charge in [-0.15, -0.1) is 0 Å². The van der Waals surface area contributed by atoms with Gasteiger partial charge in [-0.25, -0.2) is 4.99 Å². The molecular weight excluding hydrogens is 402 g/mol. The van der Waals surface area contributed by atoms with Crippen molar-refractivity contribution in [1.29, 1.82) is 0 Å². The van der Waals surface area contributed by atoms with Gasteiger partial charge in [0.15, 0.2) is 5.90 Å². The predicted octanol–water partition coefficient (Wildman–Crippen LogP) is 8.75. The fourth-order valence-corrected chi connectivity index (χ4v) is 8.02. The van der Waals surface area contributed by atoms with E-state index in [9.17, 15) is 0 Å². The monoisotopic (exact) mass is 453 g/mol. The molecule has 0 saturated heterocycles. The van der Waals surface area contributed by atoms with Gasteiger partial charge in [0.25, 0.3) is 0 Å². The van der Waals surface area contributed by atoms with E-state index in [0.29, 0.717) is 23.5 Å². The molecule has 0 N–H and O–H groups in total. The molecule has 3 atom stereocenters. The highest BCUT2D eigenvalue weighted by Gasteiger charge is 2.42. The van der Waals surface area contributed by atoms with E-state index in [0.717, 1.165) is 35.5 Å². The summed E-state index contributed by atoms with van der Waals surface area (Å²) in [4.78, 5) is 5.16. The molecule has 3 unspecified atom stereocenters. The maximum absolute atomic E-state index is 6.45. The van der Waals surface area contributed by atoms with Crippen molar-refractivity contribution < 1.29 is 4.74 Å². The molecule has 4 aliphatic carbocycles. The van der Waals surface area contributed by atoms with Crippen molar-refractivity contribution in [2.75, 3.05) is 0 Å². The molecule has 186 valence electrons. The Balaban J connectivity index is 1.04. The largest absolute Gasteiger partial charge is 0.475 e. The zero-order valence-corrected chi connectivity index (χ0v) is 21.9. The Morgan fingerprint density at radius 3 is 1.94 bits per heavy atom. The molecule has 0 bridgehead atoms. The maximum Gasteiger partial charge on any atom is 0.187 e. The number of allylic oxidation sites excluding steroid dienone is 2. The number of hydrogen-bond donors (Lipinski definition) is 0. The minimum absolute atomic E-state index is 0.389. The van der Waals surface area contributed by atoms with Gasteiger partial charge in [-0.05, 0) is 106 Å². The Hall–Kier alpha value is -0.790. The molecule has 4 fully saturated rings. The van der Waals surface area contributed by atoms with Crippen LogP contribution < -0.4 is 0 Å². The molecule has 0 aromatic heterocycles.